The number of hydrogen-bond donors (Lipinski definition) is 3. The molecule has 3 rings (SSSR count). The van der Waals surface area contributed by atoms with Crippen LogP contribution in [0.1, 0.15) is 24.2 Å². The largest absolute Gasteiger partial charge is 0.505 e. The summed E-state index contributed by atoms with van der Waals surface area (Å²) in [7, 11) is 0. The third-order valence-corrected chi connectivity index (χ3v) is 3.73. The van der Waals surface area contributed by atoms with Gasteiger partial charge in [-0.05, 0) is 26.2 Å². The van der Waals surface area contributed by atoms with Crippen molar-refractivity contribution in [3.8, 4) is 5.75 Å². The van der Waals surface area contributed by atoms with Crippen LogP contribution in [0, 0.1) is 18.6 Å². The maximum Gasteiger partial charge on any atom is 0.173 e. The van der Waals surface area contributed by atoms with E-state index in [0.29, 0.717) is 41.7 Å². The Morgan fingerprint density at radius 1 is 1.17 bits per heavy atom. The fourth-order valence-corrected chi connectivity index (χ4v) is 2.71. The van der Waals surface area contributed by atoms with E-state index in [1.807, 2.05) is 0 Å². The first-order valence-electron chi connectivity index (χ1n) is 6.99. The van der Waals surface area contributed by atoms with Gasteiger partial charge in [-0.3, -0.25) is 5.10 Å². The lowest BCUT2D eigenvalue weighted by molar-refractivity contribution is 0.284. The van der Waals surface area contributed by atoms with Crippen molar-refractivity contribution < 1.29 is 19.0 Å². The van der Waals surface area contributed by atoms with E-state index in [9.17, 15) is 13.9 Å². The molecule has 3 aromatic rings. The summed E-state index contributed by atoms with van der Waals surface area (Å²) in [5.41, 5.74) is 1.22. The number of aromatic nitrogens is 3. The molecule has 0 radical (unpaired) electrons. The molecule has 124 valence electrons. The van der Waals surface area contributed by atoms with E-state index >= 15 is 0 Å². The van der Waals surface area contributed by atoms with Crippen LogP contribution in [0.2, 0.25) is 0 Å². The standard InChI is InChI=1S/C15H15F2N3O2.ClH/c1-7-11-13-12(8(16)6-10(22)14(13)17)9(4-2-3-5-21)18-15(11)20-19-7;/h6,21-22H,2-5H2,1H3,(H,18,19,20);1H. The number of H-pyrrole nitrogens is 1. The molecule has 0 aliphatic rings. The molecular weight excluding hydrogens is 328 g/mol. The highest BCUT2D eigenvalue weighted by molar-refractivity contribution is 6.08. The Morgan fingerprint density at radius 2 is 1.91 bits per heavy atom. The van der Waals surface area contributed by atoms with Gasteiger partial charge in [0, 0.05) is 23.4 Å². The number of phenolic OH excluding ortho intramolecular Hbond substituents is 1. The van der Waals surface area contributed by atoms with E-state index in [2.05, 4.69) is 15.2 Å². The zero-order valence-electron chi connectivity index (χ0n) is 12.4. The molecule has 0 amide bonds. The van der Waals surface area contributed by atoms with Crippen molar-refractivity contribution in [2.45, 2.75) is 26.2 Å². The Balaban J connectivity index is 0.00000192. The highest BCUT2D eigenvalue weighted by Gasteiger charge is 2.21. The van der Waals surface area contributed by atoms with Gasteiger partial charge in [0.15, 0.2) is 17.2 Å². The first kappa shape index (κ1) is 17.4. The number of nitrogens with one attached hydrogen (secondary N) is 1. The fraction of sp³-hybridized carbons (Fsp3) is 0.333. The number of aliphatic hydroxyl groups excluding tert-OH is 1. The molecule has 2 aromatic heterocycles. The van der Waals surface area contributed by atoms with Gasteiger partial charge in [0.25, 0.3) is 0 Å². The SMILES string of the molecule is Cc1n[nH]c2nc(CCCCO)c3c(F)cc(O)c(F)c3c12.Cl. The average molecular weight is 344 g/mol. The average Bonchev–Trinajstić information content (AvgIpc) is 2.85. The maximum absolute atomic E-state index is 14.4. The van der Waals surface area contributed by atoms with Crippen LogP contribution in [-0.4, -0.2) is 32.0 Å². The number of aryl methyl sites for hydroxylation is 2. The predicted octanol–water partition coefficient (Wildman–Crippen LogP) is 3.14. The number of aliphatic hydroxyl groups is 1. The minimum atomic E-state index is -0.878. The predicted molar refractivity (Wildman–Crippen MR) is 85.0 cm³/mol. The van der Waals surface area contributed by atoms with Crippen molar-refractivity contribution in [2.75, 3.05) is 6.61 Å². The number of aromatic amines is 1. The van der Waals surface area contributed by atoms with Crippen LogP contribution in [0.4, 0.5) is 8.78 Å². The summed E-state index contributed by atoms with van der Waals surface area (Å²) in [6, 6.07) is 0.760. The van der Waals surface area contributed by atoms with Crippen molar-refractivity contribution in [3.05, 3.63) is 29.1 Å². The van der Waals surface area contributed by atoms with Gasteiger partial charge in [0.1, 0.15) is 5.82 Å². The first-order valence-corrected chi connectivity index (χ1v) is 6.99. The van der Waals surface area contributed by atoms with Crippen LogP contribution in [0.5, 0.6) is 5.75 Å². The van der Waals surface area contributed by atoms with Gasteiger partial charge in [-0.25, -0.2) is 13.8 Å². The Bertz CT molecular complexity index is 867. The van der Waals surface area contributed by atoms with E-state index in [0.717, 1.165) is 6.07 Å². The van der Waals surface area contributed by atoms with Gasteiger partial charge >= 0.3 is 0 Å². The van der Waals surface area contributed by atoms with Crippen LogP contribution >= 0.6 is 12.4 Å². The number of halogens is 3. The molecule has 0 spiro atoms. The number of unbranched alkanes of at least 4 members (excludes halogenated alkanes) is 1. The summed E-state index contributed by atoms with van der Waals surface area (Å²) < 4.78 is 28.7. The minimum Gasteiger partial charge on any atom is -0.505 e. The Hall–Kier alpha value is -1.99. The highest BCUT2D eigenvalue weighted by Crippen LogP contribution is 2.36. The van der Waals surface area contributed by atoms with E-state index in [-0.39, 0.29) is 29.8 Å². The summed E-state index contributed by atoms with van der Waals surface area (Å²) in [4.78, 5) is 4.34. The summed E-state index contributed by atoms with van der Waals surface area (Å²) >= 11 is 0. The van der Waals surface area contributed by atoms with Crippen molar-refractivity contribution in [2.24, 2.45) is 0 Å². The number of hydrogen-bond acceptors (Lipinski definition) is 4. The van der Waals surface area contributed by atoms with Gasteiger partial charge in [0.2, 0.25) is 0 Å². The fourth-order valence-electron chi connectivity index (χ4n) is 2.71. The molecule has 0 unspecified atom stereocenters. The highest BCUT2D eigenvalue weighted by atomic mass is 35.5. The van der Waals surface area contributed by atoms with Gasteiger partial charge in [-0.1, -0.05) is 0 Å². The normalized spacial score (nSPS) is 11.1. The molecule has 1 aromatic carbocycles. The molecule has 0 bridgehead atoms. The third kappa shape index (κ3) is 2.82. The number of rotatable bonds is 4. The maximum atomic E-state index is 14.4. The van der Waals surface area contributed by atoms with Crippen LogP contribution in [0.25, 0.3) is 21.8 Å². The van der Waals surface area contributed by atoms with Gasteiger partial charge < -0.3 is 10.2 Å². The monoisotopic (exact) mass is 343 g/mol. The summed E-state index contributed by atoms with van der Waals surface area (Å²) in [6.45, 7) is 1.69. The van der Waals surface area contributed by atoms with Gasteiger partial charge in [-0.2, -0.15) is 5.10 Å². The Labute approximate surface area is 136 Å². The molecule has 23 heavy (non-hydrogen) atoms. The second kappa shape index (κ2) is 6.64. The number of fused-ring (bicyclic) bond motifs is 3. The molecule has 2 heterocycles. The molecule has 5 nitrogen and oxygen atoms in total. The molecule has 0 aliphatic carbocycles. The zero-order chi connectivity index (χ0) is 15.9. The summed E-state index contributed by atoms with van der Waals surface area (Å²) in [5, 5.41) is 25.6. The lowest BCUT2D eigenvalue weighted by Crippen LogP contribution is -1.99. The Morgan fingerprint density at radius 3 is 2.61 bits per heavy atom. The minimum absolute atomic E-state index is 0. The van der Waals surface area contributed by atoms with E-state index < -0.39 is 17.4 Å². The van der Waals surface area contributed by atoms with Crippen molar-refractivity contribution in [1.82, 2.24) is 15.2 Å². The number of benzene rings is 1. The molecule has 0 saturated carbocycles. The summed E-state index contributed by atoms with van der Waals surface area (Å²) in [6.07, 6.45) is 1.54. The Kier molecular flexibility index (Phi) is 5.01. The molecular formula is C15H16ClF2N3O2. The van der Waals surface area contributed by atoms with E-state index in [1.165, 1.54) is 0 Å². The number of aromatic hydroxyl groups is 1. The molecule has 8 heteroatoms. The van der Waals surface area contributed by atoms with Crippen LogP contribution < -0.4 is 0 Å². The molecule has 0 saturated heterocycles. The number of nitrogens with zero attached hydrogens (tertiary/aromatic N) is 2. The zero-order valence-corrected chi connectivity index (χ0v) is 13.2. The first-order chi connectivity index (χ1) is 10.5. The lowest BCUT2D eigenvalue weighted by Gasteiger charge is -2.10. The second-order valence-corrected chi connectivity index (χ2v) is 5.21. The number of pyridine rings is 1. The number of phenols is 1. The van der Waals surface area contributed by atoms with Crippen molar-refractivity contribution in [3.63, 3.8) is 0 Å². The lowest BCUT2D eigenvalue weighted by atomic mass is 10.0. The van der Waals surface area contributed by atoms with Crippen LogP contribution in [-0.2, 0) is 6.42 Å². The smallest absolute Gasteiger partial charge is 0.173 e. The molecule has 0 aliphatic heterocycles. The third-order valence-electron chi connectivity index (χ3n) is 3.73. The van der Waals surface area contributed by atoms with Crippen molar-refractivity contribution >= 4 is 34.2 Å². The van der Waals surface area contributed by atoms with E-state index in [4.69, 9.17) is 5.11 Å². The van der Waals surface area contributed by atoms with Gasteiger partial charge in [0.05, 0.1) is 16.8 Å². The molecule has 0 fully saturated rings. The van der Waals surface area contributed by atoms with Crippen LogP contribution in [0.15, 0.2) is 6.07 Å². The van der Waals surface area contributed by atoms with Gasteiger partial charge in [-0.15, -0.1) is 12.4 Å². The van der Waals surface area contributed by atoms with E-state index in [1.54, 1.807) is 6.92 Å². The van der Waals surface area contributed by atoms with Crippen LogP contribution in [0.3, 0.4) is 0 Å². The molecule has 0 atom stereocenters. The quantitative estimate of drug-likeness (QED) is 0.636. The second-order valence-electron chi connectivity index (χ2n) is 5.21. The van der Waals surface area contributed by atoms with Crippen molar-refractivity contribution in [1.29, 1.82) is 0 Å². The summed E-state index contributed by atoms with van der Waals surface area (Å²) in [5.74, 6) is -2.33. The molecule has 3 N–H and O–H groups in total. The topological polar surface area (TPSA) is 82.0 Å².